The topological polar surface area (TPSA) is 0 Å². The Bertz CT molecular complexity index is 870. The summed E-state index contributed by atoms with van der Waals surface area (Å²) in [7, 11) is 0. The molecule has 0 saturated carbocycles. The van der Waals surface area contributed by atoms with Crippen LogP contribution >= 0.6 is 0 Å². The standard InChI is InChI=1S/C23H23.2ClH.Zr/c1-15-11-19(23(2,3)4)14-22(15)17-9-10-21-18(13-17)12-16-7-5-6-8-20(16)21;;;/h5-11H,12,14H2,1-4H3;2*1H;/q-1;;;+3/p-2. The summed E-state index contributed by atoms with van der Waals surface area (Å²) in [6.45, 7) is 9.15. The van der Waals surface area contributed by atoms with E-state index in [0.29, 0.717) is 0 Å². The van der Waals surface area contributed by atoms with Crippen LogP contribution in [0.3, 0.4) is 0 Å². The maximum atomic E-state index is 3.72. The molecule has 0 N–H and O–H groups in total. The van der Waals surface area contributed by atoms with Gasteiger partial charge in [0.1, 0.15) is 0 Å². The third-order valence-electron chi connectivity index (χ3n) is 5.22. The molecule has 0 spiro atoms. The number of fused-ring (bicyclic) bond motifs is 3. The van der Waals surface area contributed by atoms with E-state index in [4.69, 9.17) is 0 Å². The molecule has 2 aromatic carbocycles. The van der Waals surface area contributed by atoms with E-state index >= 15 is 0 Å². The first-order chi connectivity index (χ1) is 10.9. The Morgan fingerprint density at radius 2 is 1.58 bits per heavy atom. The number of hydrogen-bond acceptors (Lipinski definition) is 0. The van der Waals surface area contributed by atoms with Gasteiger partial charge in [-0.25, -0.2) is 0 Å². The van der Waals surface area contributed by atoms with Crippen molar-refractivity contribution in [3.05, 3.63) is 76.4 Å². The summed E-state index contributed by atoms with van der Waals surface area (Å²) in [6, 6.07) is 17.0. The van der Waals surface area contributed by atoms with Crippen LogP contribution in [0.25, 0.3) is 16.7 Å². The zero-order chi connectivity index (χ0) is 16.2. The average molecular weight is 462 g/mol. The predicted molar refractivity (Wildman–Crippen MR) is 98.3 cm³/mol. The Balaban J connectivity index is 0.00000113. The SMILES string of the molecule is CC1=C(c2[c-]c3c(cc2)-c2ccccc2C3)CC(C(C)(C)C)=C1.[Cl-].[Cl-].[Zr+3]. The van der Waals surface area contributed by atoms with Gasteiger partial charge in [0.25, 0.3) is 0 Å². The molecule has 0 saturated heterocycles. The molecule has 3 heteroatoms. The Hall–Kier alpha value is -0.617. The Morgan fingerprint density at radius 3 is 2.23 bits per heavy atom. The van der Waals surface area contributed by atoms with E-state index in [-0.39, 0.29) is 56.4 Å². The molecular weight excluding hydrogens is 438 g/mol. The van der Waals surface area contributed by atoms with Crippen molar-refractivity contribution in [1.29, 1.82) is 0 Å². The van der Waals surface area contributed by atoms with Gasteiger partial charge in [-0.1, -0.05) is 73.4 Å². The molecule has 4 rings (SSSR count). The molecular formula is C23H23Cl2Zr. The van der Waals surface area contributed by atoms with Crippen molar-refractivity contribution in [2.45, 2.75) is 40.5 Å². The van der Waals surface area contributed by atoms with Crippen molar-refractivity contribution in [3.63, 3.8) is 0 Å². The van der Waals surface area contributed by atoms with Gasteiger partial charge in [-0.2, -0.15) is 0 Å². The fourth-order valence-corrected chi connectivity index (χ4v) is 3.75. The van der Waals surface area contributed by atoms with Crippen molar-refractivity contribution in [2.24, 2.45) is 5.41 Å². The van der Waals surface area contributed by atoms with Gasteiger partial charge in [-0.15, -0.1) is 34.9 Å². The minimum absolute atomic E-state index is 0. The van der Waals surface area contributed by atoms with Crippen LogP contribution in [-0.4, -0.2) is 0 Å². The summed E-state index contributed by atoms with van der Waals surface area (Å²) in [6.07, 6.45) is 4.47. The van der Waals surface area contributed by atoms with Crippen molar-refractivity contribution in [2.75, 3.05) is 0 Å². The first-order valence-corrected chi connectivity index (χ1v) is 8.48. The quantitative estimate of drug-likeness (QED) is 0.455. The molecule has 2 aliphatic carbocycles. The van der Waals surface area contributed by atoms with Crippen LogP contribution in [0.15, 0.2) is 53.6 Å². The van der Waals surface area contributed by atoms with Crippen LogP contribution in [0, 0.1) is 11.5 Å². The molecule has 0 aromatic heterocycles. The van der Waals surface area contributed by atoms with Gasteiger partial charge >= 0.3 is 26.2 Å². The predicted octanol–water partition coefficient (Wildman–Crippen LogP) is 0.213. The molecule has 0 amide bonds. The summed E-state index contributed by atoms with van der Waals surface area (Å²) in [5.41, 5.74) is 11.5. The van der Waals surface area contributed by atoms with Crippen LogP contribution in [0.4, 0.5) is 0 Å². The van der Waals surface area contributed by atoms with Gasteiger partial charge in [0.2, 0.25) is 0 Å². The molecule has 0 fully saturated rings. The normalized spacial score (nSPS) is 14.5. The van der Waals surface area contributed by atoms with Gasteiger partial charge < -0.3 is 24.8 Å². The average Bonchev–Trinajstić information content (AvgIpc) is 3.06. The van der Waals surface area contributed by atoms with Crippen LogP contribution in [0.1, 0.15) is 50.8 Å². The third-order valence-corrected chi connectivity index (χ3v) is 5.22. The Labute approximate surface area is 189 Å². The van der Waals surface area contributed by atoms with E-state index in [0.717, 1.165) is 12.8 Å². The number of benzene rings is 2. The minimum atomic E-state index is 0. The Morgan fingerprint density at radius 1 is 0.885 bits per heavy atom. The molecule has 0 heterocycles. The second kappa shape index (κ2) is 8.60. The second-order valence-electron chi connectivity index (χ2n) is 7.86. The number of allylic oxidation sites excluding steroid dienone is 4. The summed E-state index contributed by atoms with van der Waals surface area (Å²) in [4.78, 5) is 0. The van der Waals surface area contributed by atoms with E-state index in [1.54, 1.807) is 0 Å². The third kappa shape index (κ3) is 4.11. The molecule has 26 heavy (non-hydrogen) atoms. The second-order valence-corrected chi connectivity index (χ2v) is 7.86. The van der Waals surface area contributed by atoms with E-state index < -0.39 is 0 Å². The molecule has 0 bridgehead atoms. The van der Waals surface area contributed by atoms with Gasteiger partial charge in [0.05, 0.1) is 0 Å². The minimum Gasteiger partial charge on any atom is -1.00 e. The monoisotopic (exact) mass is 459 g/mol. The van der Waals surface area contributed by atoms with E-state index in [1.807, 2.05) is 0 Å². The first-order valence-electron chi connectivity index (χ1n) is 8.48. The van der Waals surface area contributed by atoms with Crippen LogP contribution in [0.2, 0.25) is 0 Å². The summed E-state index contributed by atoms with van der Waals surface area (Å²) < 4.78 is 0. The van der Waals surface area contributed by atoms with Crippen molar-refractivity contribution in [3.8, 4) is 11.1 Å². The maximum Gasteiger partial charge on any atom is 3.00 e. The largest absolute Gasteiger partial charge is 3.00 e. The Kier molecular flexibility index (Phi) is 7.74. The summed E-state index contributed by atoms with van der Waals surface area (Å²) in [5, 5.41) is 0. The zero-order valence-corrected chi connectivity index (χ0v) is 19.7. The van der Waals surface area contributed by atoms with Gasteiger partial charge in [0.15, 0.2) is 0 Å². The zero-order valence-electron chi connectivity index (χ0n) is 15.7. The van der Waals surface area contributed by atoms with Crippen molar-refractivity contribution in [1.82, 2.24) is 0 Å². The molecule has 2 aromatic rings. The van der Waals surface area contributed by atoms with E-state index in [9.17, 15) is 0 Å². The molecule has 0 atom stereocenters. The number of hydrogen-bond donors (Lipinski definition) is 0. The van der Waals surface area contributed by atoms with Crippen molar-refractivity contribution < 1.29 is 51.0 Å². The molecule has 2 aliphatic rings. The smallest absolute Gasteiger partial charge is 1.00 e. The van der Waals surface area contributed by atoms with E-state index in [1.165, 1.54) is 44.5 Å². The maximum absolute atomic E-state index is 3.72. The van der Waals surface area contributed by atoms with Crippen LogP contribution in [-0.2, 0) is 32.6 Å². The van der Waals surface area contributed by atoms with Crippen molar-refractivity contribution >= 4 is 5.57 Å². The molecule has 133 valence electrons. The van der Waals surface area contributed by atoms with Crippen LogP contribution in [0.5, 0.6) is 0 Å². The first kappa shape index (κ1) is 23.4. The summed E-state index contributed by atoms with van der Waals surface area (Å²) in [5.74, 6) is 0. The van der Waals surface area contributed by atoms with E-state index in [2.05, 4.69) is 76.2 Å². The van der Waals surface area contributed by atoms with Gasteiger partial charge in [-0.3, -0.25) is 0 Å². The summed E-state index contributed by atoms with van der Waals surface area (Å²) >= 11 is 0. The van der Waals surface area contributed by atoms with Gasteiger partial charge in [0, 0.05) is 0 Å². The van der Waals surface area contributed by atoms with Gasteiger partial charge in [-0.05, 0) is 30.7 Å². The molecule has 0 unspecified atom stereocenters. The fraction of sp³-hybridized carbons (Fsp3) is 0.304. The fourth-order valence-electron chi connectivity index (χ4n) is 3.75. The molecule has 0 aliphatic heterocycles. The van der Waals surface area contributed by atoms with Crippen LogP contribution < -0.4 is 24.8 Å². The number of rotatable bonds is 1. The number of halogens is 2. The molecule has 0 nitrogen and oxygen atoms in total. The molecule has 1 radical (unpaired) electrons.